The zero-order valence-electron chi connectivity index (χ0n) is 15.6. The Morgan fingerprint density at radius 2 is 1.38 bits per heavy atom. The van der Waals surface area contributed by atoms with Gasteiger partial charge < -0.3 is 10.4 Å². The zero-order valence-corrected chi connectivity index (χ0v) is 15.6. The van der Waals surface area contributed by atoms with E-state index in [4.69, 9.17) is 0 Å². The van der Waals surface area contributed by atoms with Gasteiger partial charge in [0.1, 0.15) is 5.75 Å². The van der Waals surface area contributed by atoms with Gasteiger partial charge in [0.05, 0.1) is 0 Å². The molecule has 0 radical (unpaired) electrons. The van der Waals surface area contributed by atoms with Crippen molar-refractivity contribution < 1.29 is 9.90 Å². The number of carbonyl (C=O) groups excluding carboxylic acids is 1. The molecule has 0 fully saturated rings. The fourth-order valence-electron chi connectivity index (χ4n) is 1.92. The summed E-state index contributed by atoms with van der Waals surface area (Å²) in [6, 6.07) is 15.1. The summed E-state index contributed by atoms with van der Waals surface area (Å²) >= 11 is 0. The largest absolute Gasteiger partial charge is 0.508 e. The van der Waals surface area contributed by atoms with Crippen molar-refractivity contribution >= 4 is 5.91 Å². The third-order valence-corrected chi connectivity index (χ3v) is 3.19. The van der Waals surface area contributed by atoms with Gasteiger partial charge in [0.15, 0.2) is 0 Å². The van der Waals surface area contributed by atoms with Crippen molar-refractivity contribution in [3.63, 3.8) is 0 Å². The Labute approximate surface area is 146 Å². The van der Waals surface area contributed by atoms with Gasteiger partial charge in [-0.15, -0.1) is 0 Å². The minimum absolute atomic E-state index is 0.0404. The topological polar surface area (TPSA) is 49.3 Å². The maximum atomic E-state index is 11.8. The van der Waals surface area contributed by atoms with Crippen LogP contribution in [0.1, 0.15) is 50.8 Å². The number of amides is 1. The molecule has 2 N–H and O–H groups in total. The monoisotopic (exact) mass is 329 g/mol. The maximum absolute atomic E-state index is 11.8. The van der Waals surface area contributed by atoms with Crippen molar-refractivity contribution in [2.75, 3.05) is 0 Å². The molecule has 0 saturated heterocycles. The third-order valence-electron chi connectivity index (χ3n) is 3.19. The normalized spacial score (nSPS) is 9.04. The van der Waals surface area contributed by atoms with E-state index in [-0.39, 0.29) is 11.7 Å². The summed E-state index contributed by atoms with van der Waals surface area (Å²) in [5.41, 5.74) is 3.37. The average molecular weight is 329 g/mol. The fourth-order valence-corrected chi connectivity index (χ4v) is 1.92. The van der Waals surface area contributed by atoms with Crippen LogP contribution >= 0.6 is 0 Å². The van der Waals surface area contributed by atoms with Crippen LogP contribution < -0.4 is 5.32 Å². The number of aromatic hydroxyl groups is 1. The van der Waals surface area contributed by atoms with Gasteiger partial charge in [-0.25, -0.2) is 0 Å². The number of nitrogens with one attached hydrogen (secondary N) is 1. The van der Waals surface area contributed by atoms with Gasteiger partial charge >= 0.3 is 0 Å². The lowest BCUT2D eigenvalue weighted by Gasteiger charge is -2.06. The van der Waals surface area contributed by atoms with Gasteiger partial charge in [0.25, 0.3) is 0 Å². The molecule has 0 aliphatic carbocycles. The van der Waals surface area contributed by atoms with Gasteiger partial charge in [-0.05, 0) is 36.6 Å². The minimum atomic E-state index is 0.0404. The van der Waals surface area contributed by atoms with Crippen LogP contribution in [-0.4, -0.2) is 11.0 Å². The van der Waals surface area contributed by atoms with Crippen LogP contribution in [0.3, 0.4) is 0 Å². The highest BCUT2D eigenvalue weighted by molar-refractivity contribution is 5.76. The van der Waals surface area contributed by atoms with Crippen LogP contribution in [-0.2, 0) is 17.8 Å². The second-order valence-electron chi connectivity index (χ2n) is 4.93. The molecule has 0 saturated carbocycles. The number of aryl methyl sites for hydroxylation is 2. The quantitative estimate of drug-likeness (QED) is 0.811. The number of rotatable bonds is 5. The zero-order chi connectivity index (χ0) is 18.4. The van der Waals surface area contributed by atoms with Crippen molar-refractivity contribution in [2.24, 2.45) is 0 Å². The summed E-state index contributed by atoms with van der Waals surface area (Å²) in [6.45, 7) is 10.6. The highest BCUT2D eigenvalue weighted by atomic mass is 16.3. The van der Waals surface area contributed by atoms with Gasteiger partial charge in [-0.2, -0.15) is 0 Å². The molecular weight excluding hydrogens is 298 g/mol. The van der Waals surface area contributed by atoms with E-state index in [1.807, 2.05) is 71.0 Å². The molecule has 0 aromatic heterocycles. The summed E-state index contributed by atoms with van der Waals surface area (Å²) in [4.78, 5) is 11.8. The van der Waals surface area contributed by atoms with E-state index in [1.165, 1.54) is 5.56 Å². The van der Waals surface area contributed by atoms with Gasteiger partial charge in [0.2, 0.25) is 5.91 Å². The lowest BCUT2D eigenvalue weighted by Crippen LogP contribution is -2.22. The number of hydrogen-bond acceptors (Lipinski definition) is 2. The molecule has 0 bridgehead atoms. The molecule has 0 unspecified atom stereocenters. The second kappa shape index (κ2) is 13.2. The first kappa shape index (κ1) is 21.7. The van der Waals surface area contributed by atoms with Crippen molar-refractivity contribution in [3.05, 3.63) is 65.2 Å². The third kappa shape index (κ3) is 8.99. The van der Waals surface area contributed by atoms with Crippen LogP contribution in [0, 0.1) is 6.92 Å². The van der Waals surface area contributed by atoms with E-state index < -0.39 is 0 Å². The number of hydrogen-bond donors (Lipinski definition) is 2. The predicted molar refractivity (Wildman–Crippen MR) is 102 cm³/mol. The molecule has 2 rings (SSSR count). The Hall–Kier alpha value is -2.29. The van der Waals surface area contributed by atoms with Crippen LogP contribution in [0.5, 0.6) is 5.75 Å². The SMILES string of the molecule is CC.CC.Cc1ccc(CNC(=O)CCc2ccc(O)cc2)cc1. The van der Waals surface area contributed by atoms with Crippen molar-refractivity contribution in [2.45, 2.75) is 54.0 Å². The van der Waals surface area contributed by atoms with Gasteiger partial charge in [-0.1, -0.05) is 69.7 Å². The number of benzene rings is 2. The van der Waals surface area contributed by atoms with Crippen LogP contribution in [0.4, 0.5) is 0 Å². The van der Waals surface area contributed by atoms with E-state index in [0.717, 1.165) is 11.1 Å². The Morgan fingerprint density at radius 3 is 1.92 bits per heavy atom. The molecule has 2 aromatic carbocycles. The number of phenolic OH excluding ortho intramolecular Hbond substituents is 1. The van der Waals surface area contributed by atoms with E-state index in [1.54, 1.807) is 12.1 Å². The Morgan fingerprint density at radius 1 is 0.875 bits per heavy atom. The Bertz CT molecular complexity index is 508. The number of carbonyl (C=O) groups is 1. The minimum Gasteiger partial charge on any atom is -0.508 e. The van der Waals surface area contributed by atoms with Crippen LogP contribution in [0.25, 0.3) is 0 Å². The standard InChI is InChI=1S/C17H19NO2.2C2H6/c1-13-2-4-15(5-3-13)12-18-17(20)11-8-14-6-9-16(19)10-7-14;2*1-2/h2-7,9-10,19H,8,11-12H2,1H3,(H,18,20);2*1-2H3. The summed E-state index contributed by atoms with van der Waals surface area (Å²) in [5, 5.41) is 12.1. The van der Waals surface area contributed by atoms with E-state index in [9.17, 15) is 9.90 Å². The summed E-state index contributed by atoms with van der Waals surface area (Å²) in [6.07, 6.45) is 1.14. The molecule has 1 amide bonds. The lowest BCUT2D eigenvalue weighted by atomic mass is 10.1. The van der Waals surface area contributed by atoms with E-state index in [2.05, 4.69) is 5.32 Å². The fraction of sp³-hybridized carbons (Fsp3) is 0.381. The molecule has 0 spiro atoms. The molecule has 0 aliphatic rings. The number of phenols is 1. The van der Waals surface area contributed by atoms with Crippen molar-refractivity contribution in [1.29, 1.82) is 0 Å². The molecule has 24 heavy (non-hydrogen) atoms. The van der Waals surface area contributed by atoms with E-state index >= 15 is 0 Å². The van der Waals surface area contributed by atoms with Crippen LogP contribution in [0.2, 0.25) is 0 Å². The van der Waals surface area contributed by atoms with Gasteiger partial charge in [0, 0.05) is 13.0 Å². The molecule has 0 heterocycles. The highest BCUT2D eigenvalue weighted by Crippen LogP contribution is 2.11. The second-order valence-corrected chi connectivity index (χ2v) is 4.93. The van der Waals surface area contributed by atoms with Gasteiger partial charge in [-0.3, -0.25) is 4.79 Å². The van der Waals surface area contributed by atoms with Crippen LogP contribution in [0.15, 0.2) is 48.5 Å². The first-order valence-corrected chi connectivity index (χ1v) is 8.73. The molecule has 0 atom stereocenters. The molecule has 2 aromatic rings. The lowest BCUT2D eigenvalue weighted by molar-refractivity contribution is -0.121. The smallest absolute Gasteiger partial charge is 0.220 e. The summed E-state index contributed by atoms with van der Waals surface area (Å²) < 4.78 is 0. The average Bonchev–Trinajstić information content (AvgIpc) is 2.64. The maximum Gasteiger partial charge on any atom is 0.220 e. The summed E-state index contributed by atoms with van der Waals surface area (Å²) in [7, 11) is 0. The first-order chi connectivity index (χ1) is 11.6. The molecule has 3 nitrogen and oxygen atoms in total. The first-order valence-electron chi connectivity index (χ1n) is 8.73. The highest BCUT2D eigenvalue weighted by Gasteiger charge is 2.02. The van der Waals surface area contributed by atoms with Crippen molar-refractivity contribution in [3.8, 4) is 5.75 Å². The Kier molecular flexibility index (Phi) is 11.9. The van der Waals surface area contributed by atoms with Crippen molar-refractivity contribution in [1.82, 2.24) is 5.32 Å². The molecule has 132 valence electrons. The van der Waals surface area contributed by atoms with E-state index in [0.29, 0.717) is 19.4 Å². The Balaban J connectivity index is 0.00000123. The molecule has 0 aliphatic heterocycles. The predicted octanol–water partition coefficient (Wildman–Crippen LogP) is 5.00. The molecular formula is C21H31NO2. The summed E-state index contributed by atoms with van der Waals surface area (Å²) in [5.74, 6) is 0.288. The molecule has 3 heteroatoms.